The van der Waals surface area contributed by atoms with E-state index >= 15 is 0 Å². The fraction of sp³-hybridized carbons (Fsp3) is 0.647. The van der Waals surface area contributed by atoms with Crippen LogP contribution in [0.15, 0.2) is 17.5 Å². The Balaban J connectivity index is 1.73. The van der Waals surface area contributed by atoms with Crippen molar-refractivity contribution in [1.29, 1.82) is 0 Å². The van der Waals surface area contributed by atoms with E-state index in [-0.39, 0.29) is 24.4 Å². The van der Waals surface area contributed by atoms with Gasteiger partial charge in [-0.2, -0.15) is 0 Å². The van der Waals surface area contributed by atoms with Gasteiger partial charge in [0.05, 0.1) is 11.5 Å². The molecule has 1 amide bonds. The van der Waals surface area contributed by atoms with Crippen molar-refractivity contribution >= 4 is 23.2 Å². The van der Waals surface area contributed by atoms with E-state index in [1.807, 2.05) is 32.2 Å². The quantitative estimate of drug-likeness (QED) is 0.769. The molecule has 0 aromatic carbocycles. The Labute approximate surface area is 141 Å². The highest BCUT2D eigenvalue weighted by Gasteiger charge is 2.27. The molecule has 6 heteroatoms. The Kier molecular flexibility index (Phi) is 6.18. The van der Waals surface area contributed by atoms with E-state index in [2.05, 4.69) is 0 Å². The lowest BCUT2D eigenvalue weighted by atomic mass is 9.99. The Bertz CT molecular complexity index is 521. The van der Waals surface area contributed by atoms with Gasteiger partial charge in [0, 0.05) is 19.0 Å². The van der Waals surface area contributed by atoms with Gasteiger partial charge in [-0.15, -0.1) is 11.3 Å². The van der Waals surface area contributed by atoms with Gasteiger partial charge < -0.3 is 14.4 Å². The molecule has 0 spiro atoms. The molecule has 1 atom stereocenters. The first-order valence-corrected chi connectivity index (χ1v) is 8.85. The number of amides is 1. The van der Waals surface area contributed by atoms with Gasteiger partial charge in [0.2, 0.25) is 0 Å². The second kappa shape index (κ2) is 7.93. The number of piperidine rings is 1. The van der Waals surface area contributed by atoms with Crippen LogP contribution in [0.3, 0.4) is 0 Å². The average Bonchev–Trinajstić information content (AvgIpc) is 3.00. The molecule has 0 radical (unpaired) electrons. The zero-order chi connectivity index (χ0) is 16.9. The van der Waals surface area contributed by atoms with Gasteiger partial charge in [0.25, 0.3) is 0 Å². The molecule has 1 fully saturated rings. The molecule has 128 valence electrons. The first kappa shape index (κ1) is 17.9. The normalized spacial score (nSPS) is 18.7. The third-order valence-corrected chi connectivity index (χ3v) is 4.46. The summed E-state index contributed by atoms with van der Waals surface area (Å²) in [4.78, 5) is 26.5. The molecule has 1 aliphatic heterocycles. The van der Waals surface area contributed by atoms with Crippen LogP contribution in [0.1, 0.15) is 43.3 Å². The topological polar surface area (TPSA) is 55.8 Å². The summed E-state index contributed by atoms with van der Waals surface area (Å²) < 4.78 is 11.0. The SMILES string of the molecule is CC(C)(C)OC(=O)N1CCC[C@H](COCC(=O)c2cccs2)C1. The number of hydrogen-bond acceptors (Lipinski definition) is 5. The van der Waals surface area contributed by atoms with Gasteiger partial charge in [0.15, 0.2) is 5.78 Å². The van der Waals surface area contributed by atoms with Crippen molar-refractivity contribution in [3.63, 3.8) is 0 Å². The lowest BCUT2D eigenvalue weighted by Crippen LogP contribution is -2.43. The Morgan fingerprint density at radius 3 is 2.83 bits per heavy atom. The van der Waals surface area contributed by atoms with Crippen LogP contribution < -0.4 is 0 Å². The Hall–Kier alpha value is -1.40. The molecule has 1 saturated heterocycles. The zero-order valence-electron chi connectivity index (χ0n) is 14.0. The highest BCUT2D eigenvalue weighted by molar-refractivity contribution is 7.12. The molecule has 0 saturated carbocycles. The van der Waals surface area contributed by atoms with E-state index in [9.17, 15) is 9.59 Å². The van der Waals surface area contributed by atoms with Crippen LogP contribution in [0.4, 0.5) is 4.79 Å². The van der Waals surface area contributed by atoms with Crippen molar-refractivity contribution in [3.05, 3.63) is 22.4 Å². The van der Waals surface area contributed by atoms with Crippen molar-refractivity contribution in [2.24, 2.45) is 5.92 Å². The fourth-order valence-corrected chi connectivity index (χ4v) is 3.17. The number of nitrogens with zero attached hydrogens (tertiary/aromatic N) is 1. The van der Waals surface area contributed by atoms with Crippen LogP contribution in [-0.4, -0.2) is 48.7 Å². The number of hydrogen-bond donors (Lipinski definition) is 0. The van der Waals surface area contributed by atoms with E-state index in [1.54, 1.807) is 11.0 Å². The molecule has 0 unspecified atom stereocenters. The van der Waals surface area contributed by atoms with Crippen molar-refractivity contribution in [2.45, 2.75) is 39.2 Å². The minimum atomic E-state index is -0.479. The van der Waals surface area contributed by atoms with E-state index in [0.717, 1.165) is 24.3 Å². The fourth-order valence-electron chi connectivity index (χ4n) is 2.52. The number of carbonyl (C=O) groups is 2. The molecule has 1 aliphatic rings. The highest BCUT2D eigenvalue weighted by Crippen LogP contribution is 2.20. The van der Waals surface area contributed by atoms with Crippen LogP contribution in [0, 0.1) is 5.92 Å². The molecule has 23 heavy (non-hydrogen) atoms. The van der Waals surface area contributed by atoms with Crippen LogP contribution in [0.25, 0.3) is 0 Å². The minimum absolute atomic E-state index is 0.0137. The number of ether oxygens (including phenoxy) is 2. The van der Waals surface area contributed by atoms with Crippen molar-refractivity contribution in [2.75, 3.05) is 26.3 Å². The second-order valence-electron chi connectivity index (χ2n) is 6.85. The summed E-state index contributed by atoms with van der Waals surface area (Å²) in [6.07, 6.45) is 1.68. The number of carbonyl (C=O) groups excluding carboxylic acids is 2. The van der Waals surface area contributed by atoms with Crippen molar-refractivity contribution < 1.29 is 19.1 Å². The van der Waals surface area contributed by atoms with Gasteiger partial charge in [-0.1, -0.05) is 6.07 Å². The maximum Gasteiger partial charge on any atom is 0.410 e. The molecular weight excluding hydrogens is 314 g/mol. The lowest BCUT2D eigenvalue weighted by molar-refractivity contribution is 0.00789. The zero-order valence-corrected chi connectivity index (χ0v) is 14.9. The number of thiophene rings is 1. The average molecular weight is 339 g/mol. The van der Waals surface area contributed by atoms with Gasteiger partial charge >= 0.3 is 6.09 Å². The molecule has 0 bridgehead atoms. The molecular formula is C17H25NO4S. The van der Waals surface area contributed by atoms with Gasteiger partial charge in [-0.25, -0.2) is 4.79 Å². The first-order chi connectivity index (χ1) is 10.8. The molecule has 2 rings (SSSR count). The van der Waals surface area contributed by atoms with E-state index < -0.39 is 5.60 Å². The summed E-state index contributed by atoms with van der Waals surface area (Å²) in [6, 6.07) is 3.67. The smallest absolute Gasteiger partial charge is 0.410 e. The lowest BCUT2D eigenvalue weighted by Gasteiger charge is -2.34. The molecule has 1 aromatic rings. The Morgan fingerprint density at radius 2 is 2.17 bits per heavy atom. The van der Waals surface area contributed by atoms with Crippen LogP contribution >= 0.6 is 11.3 Å². The summed E-state index contributed by atoms with van der Waals surface area (Å²) in [6.45, 7) is 7.55. The summed E-state index contributed by atoms with van der Waals surface area (Å²) >= 11 is 1.43. The van der Waals surface area contributed by atoms with Gasteiger partial charge in [-0.05, 0) is 45.1 Å². The van der Waals surface area contributed by atoms with Crippen LogP contribution in [-0.2, 0) is 9.47 Å². The molecule has 2 heterocycles. The standard InChI is InChI=1S/C17H25NO4S/c1-17(2,3)22-16(20)18-8-4-6-13(10-18)11-21-12-14(19)15-7-5-9-23-15/h5,7,9,13H,4,6,8,10-12H2,1-3H3/t13-/m0/s1. The second-order valence-corrected chi connectivity index (χ2v) is 7.80. The van der Waals surface area contributed by atoms with Crippen molar-refractivity contribution in [3.8, 4) is 0 Å². The summed E-state index contributed by atoms with van der Waals surface area (Å²) in [7, 11) is 0. The number of ketones is 1. The van der Waals surface area contributed by atoms with E-state index in [0.29, 0.717) is 13.2 Å². The molecule has 5 nitrogen and oxygen atoms in total. The third kappa shape index (κ3) is 5.95. The number of Topliss-reactive ketones (excluding diaryl/α,β-unsaturated/α-hetero) is 1. The number of rotatable bonds is 5. The van der Waals surface area contributed by atoms with E-state index in [1.165, 1.54) is 11.3 Å². The third-order valence-electron chi connectivity index (χ3n) is 3.55. The highest BCUT2D eigenvalue weighted by atomic mass is 32.1. The molecule has 0 N–H and O–H groups in total. The van der Waals surface area contributed by atoms with E-state index in [4.69, 9.17) is 9.47 Å². The number of likely N-dealkylation sites (tertiary alicyclic amines) is 1. The predicted octanol–water partition coefficient (Wildman–Crippen LogP) is 3.59. The maximum atomic E-state index is 12.1. The Morgan fingerprint density at radius 1 is 1.39 bits per heavy atom. The van der Waals surface area contributed by atoms with Crippen LogP contribution in [0.5, 0.6) is 0 Å². The van der Waals surface area contributed by atoms with Gasteiger partial charge in [0.1, 0.15) is 12.2 Å². The minimum Gasteiger partial charge on any atom is -0.444 e. The van der Waals surface area contributed by atoms with Crippen molar-refractivity contribution in [1.82, 2.24) is 4.90 Å². The summed E-state index contributed by atoms with van der Waals surface area (Å²) in [5, 5.41) is 1.88. The summed E-state index contributed by atoms with van der Waals surface area (Å²) in [5.74, 6) is 0.271. The first-order valence-electron chi connectivity index (χ1n) is 7.97. The predicted molar refractivity (Wildman–Crippen MR) is 90.0 cm³/mol. The molecule has 0 aliphatic carbocycles. The maximum absolute atomic E-state index is 12.1. The monoisotopic (exact) mass is 339 g/mol. The van der Waals surface area contributed by atoms with Gasteiger partial charge in [-0.3, -0.25) is 4.79 Å². The van der Waals surface area contributed by atoms with Crippen LogP contribution in [0.2, 0.25) is 0 Å². The molecule has 1 aromatic heterocycles. The largest absolute Gasteiger partial charge is 0.444 e. The summed E-state index contributed by atoms with van der Waals surface area (Å²) in [5.41, 5.74) is -0.479.